The van der Waals surface area contributed by atoms with Gasteiger partial charge in [-0.25, -0.2) is 12.8 Å². The van der Waals surface area contributed by atoms with Crippen molar-refractivity contribution in [1.29, 1.82) is 0 Å². The number of nitrogens with one attached hydrogen (secondary N) is 1. The first kappa shape index (κ1) is 19.7. The summed E-state index contributed by atoms with van der Waals surface area (Å²) in [6, 6.07) is 3.82. The second-order valence-electron chi connectivity index (χ2n) is 6.40. The SMILES string of the molecule is O=C(COc1ccc(F)c(Cl)c1)N1CCC(S(=O)(=O)NC2=CCCC=C2)C1. The fourth-order valence-corrected chi connectivity index (χ4v) is 4.56. The summed E-state index contributed by atoms with van der Waals surface area (Å²) in [4.78, 5) is 13.7. The Labute approximate surface area is 162 Å². The van der Waals surface area contributed by atoms with Crippen molar-refractivity contribution in [2.45, 2.75) is 24.5 Å². The van der Waals surface area contributed by atoms with Crippen LogP contribution in [0.3, 0.4) is 0 Å². The summed E-state index contributed by atoms with van der Waals surface area (Å²) in [6.07, 6.45) is 7.57. The molecule has 6 nitrogen and oxygen atoms in total. The average Bonchev–Trinajstić information content (AvgIpc) is 3.14. The molecule has 1 aliphatic heterocycles. The first-order valence-electron chi connectivity index (χ1n) is 8.59. The van der Waals surface area contributed by atoms with Crippen LogP contribution < -0.4 is 9.46 Å². The van der Waals surface area contributed by atoms with Crippen LogP contribution in [0, 0.1) is 5.82 Å². The molecule has 0 saturated carbocycles. The molecule has 1 unspecified atom stereocenters. The van der Waals surface area contributed by atoms with Gasteiger partial charge in [-0.1, -0.05) is 23.8 Å². The van der Waals surface area contributed by atoms with Gasteiger partial charge in [0.05, 0.1) is 10.3 Å². The summed E-state index contributed by atoms with van der Waals surface area (Å²) < 4.78 is 46.1. The molecule has 9 heteroatoms. The van der Waals surface area contributed by atoms with Crippen LogP contribution in [0.25, 0.3) is 0 Å². The maximum absolute atomic E-state index is 13.1. The summed E-state index contributed by atoms with van der Waals surface area (Å²) in [6.45, 7) is 0.182. The van der Waals surface area contributed by atoms with E-state index in [-0.39, 0.29) is 29.8 Å². The fourth-order valence-electron chi connectivity index (χ4n) is 2.95. The number of halogens is 2. The van der Waals surface area contributed by atoms with Crippen LogP contribution in [0.2, 0.25) is 5.02 Å². The highest BCUT2D eigenvalue weighted by atomic mass is 35.5. The minimum atomic E-state index is -3.57. The standard InChI is InChI=1S/C18H20ClFN2O4S/c19-16-10-14(6-7-17(16)20)26-12-18(23)22-9-8-15(11-22)27(24,25)21-13-4-2-1-3-5-13/h2,4-7,10,15,21H,1,3,8-9,11-12H2. The molecule has 3 rings (SSSR count). The highest BCUT2D eigenvalue weighted by Gasteiger charge is 2.35. The number of likely N-dealkylation sites (tertiary alicyclic amines) is 1. The molecule has 1 saturated heterocycles. The van der Waals surface area contributed by atoms with Gasteiger partial charge in [0.1, 0.15) is 11.6 Å². The van der Waals surface area contributed by atoms with Gasteiger partial charge in [0, 0.05) is 24.9 Å². The van der Waals surface area contributed by atoms with Crippen LogP contribution >= 0.6 is 11.6 Å². The average molecular weight is 415 g/mol. The Kier molecular flexibility index (Phi) is 6.06. The first-order valence-corrected chi connectivity index (χ1v) is 10.5. The first-order chi connectivity index (χ1) is 12.8. The van der Waals surface area contributed by atoms with E-state index < -0.39 is 21.1 Å². The third-order valence-corrected chi connectivity index (χ3v) is 6.52. The van der Waals surface area contributed by atoms with Gasteiger partial charge in [0.15, 0.2) is 6.61 Å². The molecule has 1 amide bonds. The molecule has 0 spiro atoms. The topological polar surface area (TPSA) is 75.7 Å². The molecule has 1 heterocycles. The van der Waals surface area contributed by atoms with E-state index in [1.165, 1.54) is 17.0 Å². The number of ether oxygens (including phenoxy) is 1. The molecule has 27 heavy (non-hydrogen) atoms. The number of hydrogen-bond donors (Lipinski definition) is 1. The van der Waals surface area contributed by atoms with Crippen molar-refractivity contribution in [1.82, 2.24) is 9.62 Å². The predicted octanol–water partition coefficient (Wildman–Crippen LogP) is 2.61. The predicted molar refractivity (Wildman–Crippen MR) is 100 cm³/mol. The van der Waals surface area contributed by atoms with E-state index in [1.807, 2.05) is 12.2 Å². The lowest BCUT2D eigenvalue weighted by atomic mass is 10.2. The number of benzene rings is 1. The molecular weight excluding hydrogens is 395 g/mol. The number of carbonyl (C=O) groups excluding carboxylic acids is 1. The van der Waals surface area contributed by atoms with E-state index >= 15 is 0 Å². The molecule has 1 fully saturated rings. The van der Waals surface area contributed by atoms with E-state index in [1.54, 1.807) is 6.08 Å². The highest BCUT2D eigenvalue weighted by Crippen LogP contribution is 2.22. The Bertz CT molecular complexity index is 885. The second-order valence-corrected chi connectivity index (χ2v) is 8.77. The van der Waals surface area contributed by atoms with E-state index in [0.29, 0.717) is 18.7 Å². The molecule has 1 N–H and O–H groups in total. The molecule has 1 atom stereocenters. The molecule has 0 radical (unpaired) electrons. The Hall–Kier alpha value is -2.06. The van der Waals surface area contributed by atoms with E-state index in [2.05, 4.69) is 4.72 Å². The smallest absolute Gasteiger partial charge is 0.260 e. The van der Waals surface area contributed by atoms with Gasteiger partial charge >= 0.3 is 0 Å². The minimum absolute atomic E-state index is 0.0931. The van der Waals surface area contributed by atoms with Crippen LogP contribution in [0.4, 0.5) is 4.39 Å². The minimum Gasteiger partial charge on any atom is -0.484 e. The normalized spacial score (nSPS) is 19.7. The summed E-state index contributed by atoms with van der Waals surface area (Å²) in [5.41, 5.74) is 0.572. The van der Waals surface area contributed by atoms with Gasteiger partial charge in [0.25, 0.3) is 5.91 Å². The zero-order valence-electron chi connectivity index (χ0n) is 14.5. The lowest BCUT2D eigenvalue weighted by molar-refractivity contribution is -0.132. The van der Waals surface area contributed by atoms with Crippen molar-refractivity contribution in [3.8, 4) is 5.75 Å². The van der Waals surface area contributed by atoms with Gasteiger partial charge in [0.2, 0.25) is 10.0 Å². The number of carbonyl (C=O) groups is 1. The maximum Gasteiger partial charge on any atom is 0.260 e. The Morgan fingerprint density at radius 3 is 2.89 bits per heavy atom. The number of hydrogen-bond acceptors (Lipinski definition) is 4. The largest absolute Gasteiger partial charge is 0.484 e. The Balaban J connectivity index is 1.53. The number of nitrogens with zero attached hydrogens (tertiary/aromatic N) is 1. The second kappa shape index (κ2) is 8.31. The highest BCUT2D eigenvalue weighted by molar-refractivity contribution is 7.90. The molecule has 1 aromatic rings. The van der Waals surface area contributed by atoms with Crippen molar-refractivity contribution < 1.29 is 22.3 Å². The molecule has 0 aromatic heterocycles. The van der Waals surface area contributed by atoms with Gasteiger partial charge in [-0.3, -0.25) is 9.52 Å². The fraction of sp³-hybridized carbons (Fsp3) is 0.389. The lowest BCUT2D eigenvalue weighted by Gasteiger charge is -2.18. The van der Waals surface area contributed by atoms with Gasteiger partial charge in [-0.05, 0) is 37.5 Å². The molecule has 1 aliphatic carbocycles. The zero-order chi connectivity index (χ0) is 19.4. The lowest BCUT2D eigenvalue weighted by Crippen LogP contribution is -2.38. The molecule has 2 aliphatic rings. The molecule has 0 bridgehead atoms. The van der Waals surface area contributed by atoms with Crippen LogP contribution in [-0.2, 0) is 14.8 Å². The van der Waals surface area contributed by atoms with Crippen LogP contribution in [0.5, 0.6) is 5.75 Å². The quantitative estimate of drug-likeness (QED) is 0.776. The van der Waals surface area contributed by atoms with Crippen molar-refractivity contribution >= 4 is 27.5 Å². The molecular formula is C18H20ClFN2O4S. The van der Waals surface area contributed by atoms with E-state index in [4.69, 9.17) is 16.3 Å². The molecule has 146 valence electrons. The Morgan fingerprint density at radius 2 is 2.19 bits per heavy atom. The zero-order valence-corrected chi connectivity index (χ0v) is 16.1. The van der Waals surface area contributed by atoms with Crippen LogP contribution in [0.15, 0.2) is 42.1 Å². The summed E-state index contributed by atoms with van der Waals surface area (Å²) in [5.74, 6) is -0.626. The summed E-state index contributed by atoms with van der Waals surface area (Å²) in [5, 5.41) is -0.762. The third kappa shape index (κ3) is 5.01. The van der Waals surface area contributed by atoms with Crippen molar-refractivity contribution in [2.24, 2.45) is 0 Å². The van der Waals surface area contributed by atoms with Crippen LogP contribution in [0.1, 0.15) is 19.3 Å². The third-order valence-electron chi connectivity index (χ3n) is 4.45. The van der Waals surface area contributed by atoms with Crippen molar-refractivity contribution in [3.63, 3.8) is 0 Å². The van der Waals surface area contributed by atoms with E-state index in [9.17, 15) is 17.6 Å². The van der Waals surface area contributed by atoms with Gasteiger partial charge < -0.3 is 9.64 Å². The van der Waals surface area contributed by atoms with Crippen molar-refractivity contribution in [2.75, 3.05) is 19.7 Å². The summed E-state index contributed by atoms with van der Waals surface area (Å²) in [7, 11) is -3.57. The molecule has 1 aromatic carbocycles. The van der Waals surface area contributed by atoms with Gasteiger partial charge in [-0.15, -0.1) is 0 Å². The van der Waals surface area contributed by atoms with Crippen molar-refractivity contribution in [3.05, 3.63) is 53.0 Å². The number of rotatable bonds is 6. The van der Waals surface area contributed by atoms with E-state index in [0.717, 1.165) is 18.9 Å². The van der Waals surface area contributed by atoms with Crippen LogP contribution in [-0.4, -0.2) is 44.2 Å². The number of allylic oxidation sites excluding steroid dienone is 3. The maximum atomic E-state index is 13.1. The Morgan fingerprint density at radius 1 is 1.37 bits per heavy atom. The summed E-state index contributed by atoms with van der Waals surface area (Å²) >= 11 is 5.67. The monoisotopic (exact) mass is 414 g/mol. The number of amides is 1. The van der Waals surface area contributed by atoms with Gasteiger partial charge in [-0.2, -0.15) is 0 Å². The number of sulfonamides is 1.